The Bertz CT molecular complexity index is 1320. The van der Waals surface area contributed by atoms with Crippen molar-refractivity contribution in [3.63, 3.8) is 0 Å². The van der Waals surface area contributed by atoms with E-state index in [2.05, 4.69) is 111 Å². The molecule has 0 atom stereocenters. The second-order valence-electron chi connectivity index (χ2n) is 7.49. The van der Waals surface area contributed by atoms with Gasteiger partial charge < -0.3 is 0 Å². The van der Waals surface area contributed by atoms with Gasteiger partial charge in [-0.3, -0.25) is 15.0 Å². The van der Waals surface area contributed by atoms with Crippen molar-refractivity contribution in [2.75, 3.05) is 0 Å². The number of rotatable bonds is 6. The van der Waals surface area contributed by atoms with Crippen LogP contribution in [0.1, 0.15) is 16.7 Å². The first-order valence-corrected chi connectivity index (χ1v) is 15.1. The lowest BCUT2D eigenvalue weighted by molar-refractivity contribution is 1.46. The Balaban J connectivity index is 1.70. The zero-order valence-corrected chi connectivity index (χ0v) is 27.8. The molecule has 0 aliphatic heterocycles. The van der Waals surface area contributed by atoms with Crippen LogP contribution in [0.3, 0.4) is 0 Å². The standard InChI is InChI=1S/C27H15Br6N3/c28-19-1-4-25(22(31)10-19)34-13-16-7-17(14-35-26-5-2-20(29)11-23(26)32)9-18(8-16)15-36-27-6-3-21(30)12-24(27)33/h1-15H. The third-order valence-corrected chi connectivity index (χ3v) is 8.17. The summed E-state index contributed by atoms with van der Waals surface area (Å²) in [5.41, 5.74) is 5.31. The molecule has 0 heterocycles. The minimum atomic E-state index is 0.838. The minimum absolute atomic E-state index is 0.838. The van der Waals surface area contributed by atoms with Gasteiger partial charge in [-0.05, 0) is 137 Å². The number of hydrogen-bond acceptors (Lipinski definition) is 3. The van der Waals surface area contributed by atoms with Crippen LogP contribution in [0.15, 0.2) is 115 Å². The fourth-order valence-corrected chi connectivity index (χ4v) is 6.56. The lowest BCUT2D eigenvalue weighted by Gasteiger charge is -2.04. The van der Waals surface area contributed by atoms with Crippen LogP contribution in [0.5, 0.6) is 0 Å². The topological polar surface area (TPSA) is 37.1 Å². The minimum Gasteiger partial charge on any atom is -0.255 e. The van der Waals surface area contributed by atoms with Gasteiger partial charge in [-0.1, -0.05) is 47.8 Å². The summed E-state index contributed by atoms with van der Waals surface area (Å²) in [7, 11) is 0. The highest BCUT2D eigenvalue weighted by atomic mass is 79.9. The summed E-state index contributed by atoms with van der Waals surface area (Å²) in [6.45, 7) is 0. The summed E-state index contributed by atoms with van der Waals surface area (Å²) < 4.78 is 5.70. The average molecular weight is 861 g/mol. The summed E-state index contributed by atoms with van der Waals surface area (Å²) in [5, 5.41) is 0. The van der Waals surface area contributed by atoms with E-state index in [0.29, 0.717) is 0 Å². The van der Waals surface area contributed by atoms with E-state index >= 15 is 0 Å². The first kappa shape index (κ1) is 27.8. The van der Waals surface area contributed by atoms with Crippen molar-refractivity contribution in [2.24, 2.45) is 15.0 Å². The van der Waals surface area contributed by atoms with Crippen LogP contribution < -0.4 is 0 Å². The Morgan fingerprint density at radius 3 is 0.917 bits per heavy atom. The molecule has 3 nitrogen and oxygen atoms in total. The Hall–Kier alpha value is -1.23. The maximum atomic E-state index is 4.68. The quantitative estimate of drug-likeness (QED) is 0.173. The molecular weight excluding hydrogens is 846 g/mol. The molecule has 0 N–H and O–H groups in total. The van der Waals surface area contributed by atoms with E-state index in [4.69, 9.17) is 0 Å². The molecule has 0 aromatic heterocycles. The van der Waals surface area contributed by atoms with Crippen LogP contribution in [-0.4, -0.2) is 18.6 Å². The summed E-state index contributed by atoms with van der Waals surface area (Å²) in [4.78, 5) is 14.0. The molecule has 0 radical (unpaired) electrons. The molecule has 0 bridgehead atoms. The van der Waals surface area contributed by atoms with Gasteiger partial charge in [-0.2, -0.15) is 0 Å². The Morgan fingerprint density at radius 1 is 0.389 bits per heavy atom. The third kappa shape index (κ3) is 7.88. The highest BCUT2D eigenvalue weighted by Gasteiger charge is 2.03. The average Bonchev–Trinajstić information content (AvgIpc) is 2.82. The van der Waals surface area contributed by atoms with E-state index in [1.54, 1.807) is 0 Å². The van der Waals surface area contributed by atoms with Gasteiger partial charge >= 0.3 is 0 Å². The highest BCUT2D eigenvalue weighted by molar-refractivity contribution is 9.11. The number of hydrogen-bond donors (Lipinski definition) is 0. The van der Waals surface area contributed by atoms with Gasteiger partial charge in [-0.15, -0.1) is 0 Å². The number of nitrogens with zero attached hydrogens (tertiary/aromatic N) is 3. The maximum absolute atomic E-state index is 4.68. The predicted molar refractivity (Wildman–Crippen MR) is 174 cm³/mol. The zero-order chi connectivity index (χ0) is 25.7. The van der Waals surface area contributed by atoms with Crippen molar-refractivity contribution in [2.45, 2.75) is 0 Å². The van der Waals surface area contributed by atoms with E-state index in [1.807, 2.05) is 91.4 Å². The molecule has 0 aliphatic carbocycles. The van der Waals surface area contributed by atoms with E-state index in [1.165, 1.54) is 0 Å². The number of aliphatic imine (C=N–C) groups is 3. The van der Waals surface area contributed by atoms with Gasteiger partial charge in [0.15, 0.2) is 0 Å². The monoisotopic (exact) mass is 855 g/mol. The van der Waals surface area contributed by atoms with Crippen molar-refractivity contribution < 1.29 is 0 Å². The molecule has 0 amide bonds. The fourth-order valence-electron chi connectivity index (χ4n) is 3.12. The van der Waals surface area contributed by atoms with Gasteiger partial charge in [0.2, 0.25) is 0 Å². The number of halogens is 6. The Morgan fingerprint density at radius 2 is 0.667 bits per heavy atom. The highest BCUT2D eigenvalue weighted by Crippen LogP contribution is 2.30. The van der Waals surface area contributed by atoms with Gasteiger partial charge in [0.25, 0.3) is 0 Å². The van der Waals surface area contributed by atoms with Gasteiger partial charge in [0, 0.05) is 45.5 Å². The van der Waals surface area contributed by atoms with E-state index < -0.39 is 0 Å². The summed E-state index contributed by atoms with van der Waals surface area (Å²) in [6, 6.07) is 23.8. The van der Waals surface area contributed by atoms with Gasteiger partial charge in [0.1, 0.15) is 0 Å². The SMILES string of the molecule is Brc1ccc(N=Cc2cc(C=Nc3ccc(Br)cc3Br)cc(C=Nc3ccc(Br)cc3Br)c2)c(Br)c1. The van der Waals surface area contributed by atoms with Crippen molar-refractivity contribution in [3.8, 4) is 0 Å². The summed E-state index contributed by atoms with van der Waals surface area (Å²) in [5.74, 6) is 0. The van der Waals surface area contributed by atoms with Crippen molar-refractivity contribution in [1.29, 1.82) is 0 Å². The van der Waals surface area contributed by atoms with E-state index in [-0.39, 0.29) is 0 Å². The second kappa shape index (κ2) is 13.0. The van der Waals surface area contributed by atoms with Gasteiger partial charge in [0.05, 0.1) is 17.1 Å². The molecule has 180 valence electrons. The normalized spacial score (nSPS) is 11.8. The lowest BCUT2D eigenvalue weighted by atomic mass is 10.1. The van der Waals surface area contributed by atoms with Crippen LogP contribution in [0.25, 0.3) is 0 Å². The fraction of sp³-hybridized carbons (Fsp3) is 0. The van der Waals surface area contributed by atoms with E-state index in [0.717, 1.165) is 60.6 Å². The molecular formula is C27H15Br6N3. The van der Waals surface area contributed by atoms with Crippen LogP contribution in [-0.2, 0) is 0 Å². The molecule has 0 aliphatic rings. The summed E-state index contributed by atoms with van der Waals surface area (Å²) in [6.07, 6.45) is 5.52. The first-order valence-electron chi connectivity index (χ1n) is 10.4. The van der Waals surface area contributed by atoms with Crippen LogP contribution in [0, 0.1) is 0 Å². The molecule has 0 fully saturated rings. The zero-order valence-electron chi connectivity index (χ0n) is 18.3. The molecule has 4 aromatic rings. The maximum Gasteiger partial charge on any atom is 0.0772 e. The van der Waals surface area contributed by atoms with Crippen LogP contribution >= 0.6 is 95.6 Å². The van der Waals surface area contributed by atoms with Gasteiger partial charge in [-0.25, -0.2) is 0 Å². The molecule has 36 heavy (non-hydrogen) atoms. The third-order valence-electron chi connectivity index (χ3n) is 4.79. The van der Waals surface area contributed by atoms with Crippen molar-refractivity contribution in [3.05, 3.63) is 116 Å². The smallest absolute Gasteiger partial charge is 0.0772 e. The Labute approximate surface area is 260 Å². The van der Waals surface area contributed by atoms with E-state index in [9.17, 15) is 0 Å². The molecule has 0 spiro atoms. The largest absolute Gasteiger partial charge is 0.255 e. The second-order valence-corrected chi connectivity index (χ2v) is 12.8. The first-order chi connectivity index (χ1) is 17.3. The molecule has 9 heteroatoms. The molecule has 0 unspecified atom stereocenters. The van der Waals surface area contributed by atoms with Crippen LogP contribution in [0.4, 0.5) is 17.1 Å². The van der Waals surface area contributed by atoms with Crippen molar-refractivity contribution in [1.82, 2.24) is 0 Å². The predicted octanol–water partition coefficient (Wildman–Crippen LogP) is 11.5. The Kier molecular flexibility index (Phi) is 10.1. The molecule has 0 saturated heterocycles. The van der Waals surface area contributed by atoms with Crippen LogP contribution in [0.2, 0.25) is 0 Å². The molecule has 4 rings (SSSR count). The lowest BCUT2D eigenvalue weighted by Crippen LogP contribution is -1.92. The number of benzene rings is 4. The molecule has 0 saturated carbocycles. The molecule has 4 aromatic carbocycles. The summed E-state index contributed by atoms with van der Waals surface area (Å²) >= 11 is 21.2. The van der Waals surface area contributed by atoms with Crippen molar-refractivity contribution >= 4 is 131 Å².